The number of nitrogens with zero attached hydrogens (tertiary/aromatic N) is 3. The maximum Gasteiger partial charge on any atom is 0.278 e. The van der Waals surface area contributed by atoms with Crippen molar-refractivity contribution in [2.75, 3.05) is 0 Å². The number of rotatable bonds is 6. The van der Waals surface area contributed by atoms with Gasteiger partial charge in [-0.15, -0.1) is 15.5 Å². The summed E-state index contributed by atoms with van der Waals surface area (Å²) in [6, 6.07) is 0. The van der Waals surface area contributed by atoms with Crippen LogP contribution in [0.5, 0.6) is 0 Å². The van der Waals surface area contributed by atoms with E-state index in [1.807, 2.05) is 0 Å². The van der Waals surface area contributed by atoms with Crippen molar-refractivity contribution in [2.24, 2.45) is 15.5 Å². The molecule has 6 nitrogen and oxygen atoms in total. The zero-order chi connectivity index (χ0) is 18.6. The molecule has 1 fully saturated rings. The van der Waals surface area contributed by atoms with Crippen molar-refractivity contribution in [3.8, 4) is 0 Å². The van der Waals surface area contributed by atoms with Gasteiger partial charge in [0.2, 0.25) is 0 Å². The van der Waals surface area contributed by atoms with Gasteiger partial charge in [0.25, 0.3) is 25.0 Å². The summed E-state index contributed by atoms with van der Waals surface area (Å²) in [5.41, 5.74) is 2.83. The number of hydrogen-bond acceptors (Lipinski definition) is 6. The van der Waals surface area contributed by atoms with Gasteiger partial charge >= 0.3 is 0 Å². The second-order valence-corrected chi connectivity index (χ2v) is 22.3. The minimum Gasteiger partial charge on any atom is -0.456 e. The molecule has 0 saturated heterocycles. The molecule has 0 spiro atoms. The average Bonchev–Trinajstić information content (AvgIpc) is 2.38. The Kier molecular flexibility index (Phi) is 7.00. The Bertz CT molecular complexity index is 439. The molecule has 0 bridgehead atoms. The van der Waals surface area contributed by atoms with Gasteiger partial charge in [-0.05, 0) is 58.9 Å². The fraction of sp³-hybridized carbons (Fsp3) is 0.800. The molecule has 0 N–H and O–H groups in total. The van der Waals surface area contributed by atoms with Crippen LogP contribution in [0.4, 0.5) is 0 Å². The molecule has 24 heavy (non-hydrogen) atoms. The first-order chi connectivity index (χ1) is 10.7. The van der Waals surface area contributed by atoms with E-state index in [0.717, 1.165) is 17.1 Å². The first kappa shape index (κ1) is 21.1. The molecule has 1 aliphatic carbocycles. The van der Waals surface area contributed by atoms with Gasteiger partial charge in [0, 0.05) is 19.3 Å². The van der Waals surface area contributed by atoms with E-state index in [-0.39, 0.29) is 0 Å². The maximum absolute atomic E-state index is 5.71. The van der Waals surface area contributed by atoms with Crippen LogP contribution in [-0.2, 0) is 13.6 Å². The van der Waals surface area contributed by atoms with Crippen LogP contribution in [0.2, 0.25) is 58.9 Å². The van der Waals surface area contributed by atoms with Crippen molar-refractivity contribution < 1.29 is 13.6 Å². The first-order valence-corrected chi connectivity index (χ1v) is 18.7. The molecular weight excluding hydrogens is 354 g/mol. The molecule has 1 saturated carbocycles. The molecule has 1 aliphatic rings. The summed E-state index contributed by atoms with van der Waals surface area (Å²) < 4.78 is 17.1. The lowest BCUT2D eigenvalue weighted by Gasteiger charge is -2.22. The highest BCUT2D eigenvalue weighted by atomic mass is 28.4. The molecule has 138 valence electrons. The first-order valence-electron chi connectivity index (χ1n) is 8.45. The maximum atomic E-state index is 5.71. The van der Waals surface area contributed by atoms with Crippen LogP contribution in [-0.4, -0.2) is 42.1 Å². The van der Waals surface area contributed by atoms with E-state index >= 15 is 0 Å². The van der Waals surface area contributed by atoms with Gasteiger partial charge in [0.1, 0.15) is 0 Å². The van der Waals surface area contributed by atoms with E-state index in [4.69, 9.17) is 13.6 Å². The molecule has 1 rings (SSSR count). The van der Waals surface area contributed by atoms with E-state index in [1.165, 1.54) is 0 Å². The van der Waals surface area contributed by atoms with E-state index < -0.39 is 25.0 Å². The van der Waals surface area contributed by atoms with Crippen LogP contribution in [0.15, 0.2) is 15.5 Å². The smallest absolute Gasteiger partial charge is 0.278 e. The Hall–Kier alpha value is -0.939. The summed E-state index contributed by atoms with van der Waals surface area (Å²) in [5.74, 6) is 0. The Morgan fingerprint density at radius 2 is 0.708 bits per heavy atom. The summed E-state index contributed by atoms with van der Waals surface area (Å²) >= 11 is 0. The third-order valence-corrected chi connectivity index (χ3v) is 4.49. The summed E-state index contributed by atoms with van der Waals surface area (Å²) in [4.78, 5) is 0. The van der Waals surface area contributed by atoms with E-state index in [1.54, 1.807) is 0 Å². The monoisotopic (exact) mass is 387 g/mol. The van der Waals surface area contributed by atoms with Crippen LogP contribution in [0.1, 0.15) is 19.3 Å². The molecule has 0 aromatic heterocycles. The highest BCUT2D eigenvalue weighted by Crippen LogP contribution is 2.17. The molecule has 0 amide bonds. The summed E-state index contributed by atoms with van der Waals surface area (Å²) in [5, 5.41) is 13.1. The van der Waals surface area contributed by atoms with Gasteiger partial charge in [0.05, 0.1) is 17.1 Å². The zero-order valence-electron chi connectivity index (χ0n) is 16.7. The minimum absolute atomic E-state index is 0.681. The van der Waals surface area contributed by atoms with Crippen molar-refractivity contribution in [2.45, 2.75) is 78.2 Å². The SMILES string of the molecule is C[Si](C)(C)ON=C1CC(=NO[Si](C)(C)C)CC(=NO[Si](C)(C)C)C1. The van der Waals surface area contributed by atoms with Crippen molar-refractivity contribution in [1.82, 2.24) is 0 Å². The van der Waals surface area contributed by atoms with Crippen LogP contribution < -0.4 is 0 Å². The third-order valence-electron chi connectivity index (χ3n) is 2.57. The largest absolute Gasteiger partial charge is 0.456 e. The Morgan fingerprint density at radius 3 is 0.875 bits per heavy atom. The predicted octanol–water partition coefficient (Wildman–Crippen LogP) is 4.79. The highest BCUT2D eigenvalue weighted by Gasteiger charge is 2.25. The van der Waals surface area contributed by atoms with Crippen molar-refractivity contribution in [3.63, 3.8) is 0 Å². The van der Waals surface area contributed by atoms with Crippen LogP contribution >= 0.6 is 0 Å². The highest BCUT2D eigenvalue weighted by molar-refractivity contribution is 6.70. The predicted molar refractivity (Wildman–Crippen MR) is 109 cm³/mol. The number of hydrogen-bond donors (Lipinski definition) is 0. The molecule has 0 aromatic rings. The fourth-order valence-corrected chi connectivity index (χ4v) is 2.90. The van der Waals surface area contributed by atoms with Crippen LogP contribution in [0, 0.1) is 0 Å². The number of oxime groups is 3. The van der Waals surface area contributed by atoms with E-state index in [2.05, 4.69) is 74.4 Å². The molecule has 0 aromatic carbocycles. The quantitative estimate of drug-likeness (QED) is 0.486. The minimum atomic E-state index is -1.70. The van der Waals surface area contributed by atoms with E-state index in [0.29, 0.717) is 19.3 Å². The summed E-state index contributed by atoms with van der Waals surface area (Å²) in [7, 11) is -5.09. The van der Waals surface area contributed by atoms with Gasteiger partial charge in [-0.25, -0.2) is 0 Å². The molecule has 0 unspecified atom stereocenters. The lowest BCUT2D eigenvalue weighted by molar-refractivity contribution is 0.327. The standard InChI is InChI=1S/C15H33N3O3Si3/c1-22(2,3)19-16-13-10-14(17-20-23(4,5)6)12-15(11-13)18-21-24(7,8)9/h10-12H2,1-9H3. The molecule has 0 radical (unpaired) electrons. The molecular formula is C15H33N3O3Si3. The summed E-state index contributed by atoms with van der Waals surface area (Å²) in [6.45, 7) is 19.1. The summed E-state index contributed by atoms with van der Waals surface area (Å²) in [6.07, 6.45) is 2.04. The Balaban J connectivity index is 2.94. The van der Waals surface area contributed by atoms with Crippen LogP contribution in [0.25, 0.3) is 0 Å². The van der Waals surface area contributed by atoms with Crippen molar-refractivity contribution >= 4 is 42.1 Å². The van der Waals surface area contributed by atoms with Gasteiger partial charge in [-0.1, -0.05) is 0 Å². The van der Waals surface area contributed by atoms with Gasteiger partial charge in [0.15, 0.2) is 0 Å². The zero-order valence-corrected chi connectivity index (χ0v) is 19.7. The van der Waals surface area contributed by atoms with Crippen molar-refractivity contribution in [1.29, 1.82) is 0 Å². The molecule has 0 atom stereocenters. The van der Waals surface area contributed by atoms with E-state index in [9.17, 15) is 0 Å². The van der Waals surface area contributed by atoms with Crippen LogP contribution in [0.3, 0.4) is 0 Å². The molecule has 0 heterocycles. The molecule has 9 heteroatoms. The second-order valence-electron chi connectivity index (χ2n) is 9.11. The normalized spacial score (nSPS) is 16.6. The van der Waals surface area contributed by atoms with Gasteiger partial charge in [-0.3, -0.25) is 0 Å². The third kappa shape index (κ3) is 10.0. The average molecular weight is 388 g/mol. The fourth-order valence-electron chi connectivity index (χ4n) is 1.69. The Morgan fingerprint density at radius 1 is 0.500 bits per heavy atom. The molecule has 0 aliphatic heterocycles. The van der Waals surface area contributed by atoms with Gasteiger partial charge in [-0.2, -0.15) is 0 Å². The van der Waals surface area contributed by atoms with Gasteiger partial charge < -0.3 is 13.6 Å². The Labute approximate surface area is 149 Å². The van der Waals surface area contributed by atoms with Crippen molar-refractivity contribution in [3.05, 3.63) is 0 Å². The lowest BCUT2D eigenvalue weighted by Crippen LogP contribution is -2.30. The second kappa shape index (κ2) is 7.96. The lowest BCUT2D eigenvalue weighted by atomic mass is 9.95. The topological polar surface area (TPSA) is 64.8 Å².